The van der Waals surface area contributed by atoms with Gasteiger partial charge in [-0.3, -0.25) is 0 Å². The van der Waals surface area contributed by atoms with Crippen LogP contribution in [0.2, 0.25) is 0 Å². The van der Waals surface area contributed by atoms with Gasteiger partial charge in [-0.25, -0.2) is 0 Å². The highest BCUT2D eigenvalue weighted by atomic mass is 16.5. The van der Waals surface area contributed by atoms with E-state index in [-0.39, 0.29) is 0 Å². The van der Waals surface area contributed by atoms with Gasteiger partial charge in [-0.15, -0.1) is 0 Å². The summed E-state index contributed by atoms with van der Waals surface area (Å²) in [6.07, 6.45) is 3.28. The lowest BCUT2D eigenvalue weighted by atomic mass is 10.1. The summed E-state index contributed by atoms with van der Waals surface area (Å²) >= 11 is 0. The van der Waals surface area contributed by atoms with Crippen molar-refractivity contribution in [2.75, 3.05) is 6.54 Å². The first kappa shape index (κ1) is 14.6. The number of hydrogen-bond acceptors (Lipinski definition) is 2. The van der Waals surface area contributed by atoms with E-state index in [4.69, 9.17) is 10.5 Å². The summed E-state index contributed by atoms with van der Waals surface area (Å²) in [4.78, 5) is 0. The molecule has 2 rings (SSSR count). The number of nitrogens with two attached hydrogens (primary N) is 1. The molecule has 2 aromatic rings. The Kier molecular flexibility index (Phi) is 5.63. The normalized spacial score (nSPS) is 10.5. The van der Waals surface area contributed by atoms with E-state index in [0.717, 1.165) is 31.6 Å². The maximum Gasteiger partial charge on any atom is 0.122 e. The molecule has 0 aromatic heterocycles. The van der Waals surface area contributed by atoms with Gasteiger partial charge >= 0.3 is 0 Å². The number of unbranched alkanes of at least 4 members (excludes halogenated alkanes) is 1. The summed E-state index contributed by atoms with van der Waals surface area (Å²) in [6, 6.07) is 16.7. The van der Waals surface area contributed by atoms with Crippen LogP contribution < -0.4 is 10.5 Å². The molecule has 2 heteroatoms. The van der Waals surface area contributed by atoms with Crippen LogP contribution in [0.25, 0.3) is 0 Å². The molecule has 0 saturated heterocycles. The molecule has 20 heavy (non-hydrogen) atoms. The molecule has 0 radical (unpaired) electrons. The highest BCUT2D eigenvalue weighted by molar-refractivity contribution is 5.37. The summed E-state index contributed by atoms with van der Waals surface area (Å²) in [5.74, 6) is 0.985. The molecule has 0 heterocycles. The Morgan fingerprint density at radius 3 is 2.50 bits per heavy atom. The Bertz CT molecular complexity index is 522. The summed E-state index contributed by atoms with van der Waals surface area (Å²) in [6.45, 7) is 3.47. The molecule has 0 bridgehead atoms. The second-order valence-electron chi connectivity index (χ2n) is 5.12. The zero-order valence-electron chi connectivity index (χ0n) is 12.1. The van der Waals surface area contributed by atoms with E-state index < -0.39 is 0 Å². The average Bonchev–Trinajstić information content (AvgIpc) is 2.49. The standard InChI is InChI=1S/C18H23NO/c1-15-10-11-16(7-5-6-12-19)13-18(15)20-14-17-8-3-2-4-9-17/h2-4,8-11,13H,5-7,12,14,19H2,1H3. The van der Waals surface area contributed by atoms with E-state index in [2.05, 4.69) is 37.3 Å². The van der Waals surface area contributed by atoms with Gasteiger partial charge < -0.3 is 10.5 Å². The third-order valence-corrected chi connectivity index (χ3v) is 3.41. The van der Waals surface area contributed by atoms with Crippen molar-refractivity contribution in [3.05, 3.63) is 65.2 Å². The fraction of sp³-hybridized carbons (Fsp3) is 0.333. The van der Waals surface area contributed by atoms with E-state index in [9.17, 15) is 0 Å². The highest BCUT2D eigenvalue weighted by Gasteiger charge is 2.02. The van der Waals surface area contributed by atoms with Crippen molar-refractivity contribution in [2.24, 2.45) is 5.73 Å². The zero-order chi connectivity index (χ0) is 14.2. The van der Waals surface area contributed by atoms with E-state index >= 15 is 0 Å². The third kappa shape index (κ3) is 4.39. The summed E-state index contributed by atoms with van der Waals surface area (Å²) in [5.41, 5.74) is 9.24. The molecular formula is C18H23NO. The largest absolute Gasteiger partial charge is 0.489 e. The maximum absolute atomic E-state index is 5.95. The van der Waals surface area contributed by atoms with Crippen molar-refractivity contribution in [1.29, 1.82) is 0 Å². The van der Waals surface area contributed by atoms with Gasteiger partial charge in [-0.2, -0.15) is 0 Å². The topological polar surface area (TPSA) is 35.2 Å². The second-order valence-corrected chi connectivity index (χ2v) is 5.12. The van der Waals surface area contributed by atoms with Crippen molar-refractivity contribution in [1.82, 2.24) is 0 Å². The van der Waals surface area contributed by atoms with Crippen molar-refractivity contribution >= 4 is 0 Å². The minimum atomic E-state index is 0.619. The summed E-state index contributed by atoms with van der Waals surface area (Å²) in [7, 11) is 0. The van der Waals surface area contributed by atoms with Gasteiger partial charge in [0.2, 0.25) is 0 Å². The van der Waals surface area contributed by atoms with Crippen LogP contribution in [0.15, 0.2) is 48.5 Å². The van der Waals surface area contributed by atoms with Crippen LogP contribution >= 0.6 is 0 Å². The Morgan fingerprint density at radius 2 is 1.75 bits per heavy atom. The minimum absolute atomic E-state index is 0.619. The Hall–Kier alpha value is -1.80. The molecule has 0 atom stereocenters. The predicted molar refractivity (Wildman–Crippen MR) is 83.9 cm³/mol. The lowest BCUT2D eigenvalue weighted by Gasteiger charge is -2.11. The zero-order valence-corrected chi connectivity index (χ0v) is 12.1. The van der Waals surface area contributed by atoms with Crippen LogP contribution in [0.1, 0.15) is 29.5 Å². The predicted octanol–water partition coefficient (Wildman–Crippen LogP) is 3.86. The second kappa shape index (κ2) is 7.71. The number of ether oxygens (including phenoxy) is 1. The minimum Gasteiger partial charge on any atom is -0.489 e. The molecule has 0 saturated carbocycles. The van der Waals surface area contributed by atoms with Crippen molar-refractivity contribution in [3.63, 3.8) is 0 Å². The van der Waals surface area contributed by atoms with Crippen LogP contribution in [0.4, 0.5) is 0 Å². The first-order valence-electron chi connectivity index (χ1n) is 7.26. The number of benzene rings is 2. The average molecular weight is 269 g/mol. The molecule has 0 unspecified atom stereocenters. The Morgan fingerprint density at radius 1 is 0.950 bits per heavy atom. The van der Waals surface area contributed by atoms with Crippen molar-refractivity contribution < 1.29 is 4.74 Å². The molecule has 0 fully saturated rings. The smallest absolute Gasteiger partial charge is 0.122 e. The van der Waals surface area contributed by atoms with Gasteiger partial charge in [0.05, 0.1) is 0 Å². The molecule has 0 amide bonds. The fourth-order valence-corrected chi connectivity index (χ4v) is 2.16. The highest BCUT2D eigenvalue weighted by Crippen LogP contribution is 2.22. The molecule has 0 spiro atoms. The van der Waals surface area contributed by atoms with Gasteiger partial charge in [0.25, 0.3) is 0 Å². The van der Waals surface area contributed by atoms with E-state index in [1.807, 2.05) is 18.2 Å². The van der Waals surface area contributed by atoms with Crippen LogP contribution in [-0.4, -0.2) is 6.54 Å². The van der Waals surface area contributed by atoms with Gasteiger partial charge in [-0.05, 0) is 55.5 Å². The molecule has 2 aromatic carbocycles. The van der Waals surface area contributed by atoms with Crippen LogP contribution in [0.5, 0.6) is 5.75 Å². The molecule has 2 nitrogen and oxygen atoms in total. The fourth-order valence-electron chi connectivity index (χ4n) is 2.16. The summed E-state index contributed by atoms with van der Waals surface area (Å²) < 4.78 is 5.95. The number of hydrogen-bond donors (Lipinski definition) is 1. The first-order valence-corrected chi connectivity index (χ1v) is 7.26. The number of rotatable bonds is 7. The third-order valence-electron chi connectivity index (χ3n) is 3.41. The van der Waals surface area contributed by atoms with Gasteiger partial charge in [0.15, 0.2) is 0 Å². The Labute approximate surface area is 121 Å². The summed E-state index contributed by atoms with van der Waals surface area (Å²) in [5, 5.41) is 0. The van der Waals surface area contributed by atoms with Gasteiger partial charge in [-0.1, -0.05) is 42.5 Å². The van der Waals surface area contributed by atoms with Crippen molar-refractivity contribution in [2.45, 2.75) is 32.8 Å². The molecular weight excluding hydrogens is 246 g/mol. The quantitative estimate of drug-likeness (QED) is 0.775. The Balaban J connectivity index is 1.97. The van der Waals surface area contributed by atoms with Gasteiger partial charge in [0.1, 0.15) is 12.4 Å². The van der Waals surface area contributed by atoms with Gasteiger partial charge in [0, 0.05) is 0 Å². The lowest BCUT2D eigenvalue weighted by Crippen LogP contribution is -2.00. The molecule has 0 aliphatic rings. The first-order chi connectivity index (χ1) is 9.79. The molecule has 106 valence electrons. The maximum atomic E-state index is 5.95. The van der Waals surface area contributed by atoms with E-state index in [1.165, 1.54) is 16.7 Å². The van der Waals surface area contributed by atoms with E-state index in [0.29, 0.717) is 6.61 Å². The lowest BCUT2D eigenvalue weighted by molar-refractivity contribution is 0.304. The van der Waals surface area contributed by atoms with Crippen LogP contribution in [0.3, 0.4) is 0 Å². The number of aryl methyl sites for hydroxylation is 2. The monoisotopic (exact) mass is 269 g/mol. The van der Waals surface area contributed by atoms with E-state index in [1.54, 1.807) is 0 Å². The van der Waals surface area contributed by atoms with Crippen molar-refractivity contribution in [3.8, 4) is 5.75 Å². The molecule has 0 aliphatic carbocycles. The SMILES string of the molecule is Cc1ccc(CCCCN)cc1OCc1ccccc1. The van der Waals surface area contributed by atoms with Crippen LogP contribution in [0, 0.1) is 6.92 Å². The van der Waals surface area contributed by atoms with Crippen LogP contribution in [-0.2, 0) is 13.0 Å². The molecule has 0 aliphatic heterocycles. The molecule has 2 N–H and O–H groups in total.